The second-order valence-electron chi connectivity index (χ2n) is 4.15. The fourth-order valence-electron chi connectivity index (χ4n) is 1.99. The van der Waals surface area contributed by atoms with Gasteiger partial charge >= 0.3 is 0 Å². The van der Waals surface area contributed by atoms with Crippen molar-refractivity contribution in [2.24, 2.45) is 5.92 Å². The number of hydrogen-bond acceptors (Lipinski definition) is 2. The maximum Gasteiger partial charge on any atom is 0.0774 e. The van der Waals surface area contributed by atoms with Crippen molar-refractivity contribution in [2.75, 3.05) is 13.1 Å². The van der Waals surface area contributed by atoms with E-state index in [4.69, 9.17) is 0 Å². The van der Waals surface area contributed by atoms with Gasteiger partial charge in [-0.25, -0.2) is 0 Å². The first-order valence-corrected chi connectivity index (χ1v) is 4.72. The second-order valence-corrected chi connectivity index (χ2v) is 4.15. The first-order chi connectivity index (χ1) is 5.29. The summed E-state index contributed by atoms with van der Waals surface area (Å²) < 4.78 is 0. The molecule has 1 heterocycles. The molecule has 0 radical (unpaired) electrons. The second kappa shape index (κ2) is 2.76. The molecule has 11 heavy (non-hydrogen) atoms. The fourth-order valence-corrected chi connectivity index (χ4v) is 1.99. The molecule has 1 aliphatic carbocycles. The normalized spacial score (nSPS) is 39.0. The molecule has 1 saturated heterocycles. The SMILES string of the molecule is O[C@]1(CC2CC2)CCCNC1. The van der Waals surface area contributed by atoms with Crippen molar-refractivity contribution < 1.29 is 5.11 Å². The van der Waals surface area contributed by atoms with Crippen molar-refractivity contribution >= 4 is 0 Å². The molecule has 1 atom stereocenters. The number of aliphatic hydroxyl groups is 1. The average molecular weight is 155 g/mol. The Kier molecular flexibility index (Phi) is 1.90. The molecule has 64 valence electrons. The Hall–Kier alpha value is -0.0800. The quantitative estimate of drug-likeness (QED) is 0.621. The minimum atomic E-state index is -0.348. The molecule has 0 aromatic rings. The summed E-state index contributed by atoms with van der Waals surface area (Å²) in [6.45, 7) is 1.91. The van der Waals surface area contributed by atoms with Crippen molar-refractivity contribution in [3.05, 3.63) is 0 Å². The predicted molar refractivity (Wildman–Crippen MR) is 44.4 cm³/mol. The zero-order valence-electron chi connectivity index (χ0n) is 6.97. The van der Waals surface area contributed by atoms with E-state index in [1.165, 1.54) is 12.8 Å². The maximum absolute atomic E-state index is 10.0. The largest absolute Gasteiger partial charge is 0.389 e. The highest BCUT2D eigenvalue weighted by atomic mass is 16.3. The van der Waals surface area contributed by atoms with Crippen molar-refractivity contribution in [1.82, 2.24) is 5.32 Å². The fraction of sp³-hybridized carbons (Fsp3) is 1.00. The smallest absolute Gasteiger partial charge is 0.0774 e. The summed E-state index contributed by atoms with van der Waals surface area (Å²) in [6.07, 6.45) is 5.89. The van der Waals surface area contributed by atoms with E-state index in [9.17, 15) is 5.11 Å². The van der Waals surface area contributed by atoms with Crippen LogP contribution in [0.3, 0.4) is 0 Å². The topological polar surface area (TPSA) is 32.3 Å². The van der Waals surface area contributed by atoms with Crippen LogP contribution >= 0.6 is 0 Å². The number of rotatable bonds is 2. The van der Waals surface area contributed by atoms with E-state index in [1.54, 1.807) is 0 Å². The standard InChI is InChI=1S/C9H17NO/c11-9(6-8-2-3-8)4-1-5-10-7-9/h8,10-11H,1-7H2/t9-/m0/s1. The summed E-state index contributed by atoms with van der Waals surface area (Å²) in [5, 5.41) is 13.3. The number of hydrogen-bond donors (Lipinski definition) is 2. The number of nitrogens with one attached hydrogen (secondary N) is 1. The highest BCUT2D eigenvalue weighted by Crippen LogP contribution is 2.38. The molecule has 0 aromatic heterocycles. The Morgan fingerprint density at radius 1 is 1.45 bits per heavy atom. The van der Waals surface area contributed by atoms with Crippen LogP contribution in [-0.2, 0) is 0 Å². The third-order valence-corrected chi connectivity index (χ3v) is 2.82. The summed E-state index contributed by atoms with van der Waals surface area (Å²) in [5.74, 6) is 0.847. The van der Waals surface area contributed by atoms with Gasteiger partial charge in [0.25, 0.3) is 0 Å². The third-order valence-electron chi connectivity index (χ3n) is 2.82. The molecule has 0 amide bonds. The molecule has 0 unspecified atom stereocenters. The van der Waals surface area contributed by atoms with Gasteiger partial charge in [0.05, 0.1) is 5.60 Å². The third kappa shape index (κ3) is 1.94. The Bertz CT molecular complexity index is 136. The number of β-amino-alcohol motifs (C(OH)–C–C–N with tert-alkyl or cyclic N) is 1. The van der Waals surface area contributed by atoms with Gasteiger partial charge in [-0.2, -0.15) is 0 Å². The first-order valence-electron chi connectivity index (χ1n) is 4.72. The van der Waals surface area contributed by atoms with E-state index in [-0.39, 0.29) is 5.60 Å². The van der Waals surface area contributed by atoms with Gasteiger partial charge in [-0.05, 0) is 31.7 Å². The van der Waals surface area contributed by atoms with Crippen LogP contribution in [0.4, 0.5) is 0 Å². The highest BCUT2D eigenvalue weighted by Gasteiger charge is 2.35. The lowest BCUT2D eigenvalue weighted by molar-refractivity contribution is 0.00365. The molecule has 2 aliphatic rings. The predicted octanol–water partition coefficient (Wildman–Crippen LogP) is 0.901. The molecular formula is C9H17NO. The Balaban J connectivity index is 1.84. The van der Waals surface area contributed by atoms with Crippen LogP contribution in [0.5, 0.6) is 0 Å². The van der Waals surface area contributed by atoms with Crippen LogP contribution in [0.15, 0.2) is 0 Å². The number of piperidine rings is 1. The van der Waals surface area contributed by atoms with Gasteiger partial charge in [0.2, 0.25) is 0 Å². The van der Waals surface area contributed by atoms with Gasteiger partial charge in [0.1, 0.15) is 0 Å². The minimum absolute atomic E-state index is 0.348. The van der Waals surface area contributed by atoms with Crippen LogP contribution in [0.2, 0.25) is 0 Å². The molecule has 2 rings (SSSR count). The van der Waals surface area contributed by atoms with E-state index in [0.717, 1.165) is 38.3 Å². The summed E-state index contributed by atoms with van der Waals surface area (Å²) >= 11 is 0. The zero-order valence-corrected chi connectivity index (χ0v) is 6.97. The highest BCUT2D eigenvalue weighted by molar-refractivity contribution is 4.90. The van der Waals surface area contributed by atoms with Crippen LogP contribution in [0.25, 0.3) is 0 Å². The van der Waals surface area contributed by atoms with Crippen molar-refractivity contribution in [3.63, 3.8) is 0 Å². The molecule has 1 aliphatic heterocycles. The van der Waals surface area contributed by atoms with Gasteiger partial charge in [-0.1, -0.05) is 12.8 Å². The lowest BCUT2D eigenvalue weighted by Gasteiger charge is -2.32. The van der Waals surface area contributed by atoms with Gasteiger partial charge in [0.15, 0.2) is 0 Å². The van der Waals surface area contributed by atoms with E-state index < -0.39 is 0 Å². The summed E-state index contributed by atoms with van der Waals surface area (Å²) in [5.41, 5.74) is -0.348. The van der Waals surface area contributed by atoms with Crippen molar-refractivity contribution in [3.8, 4) is 0 Å². The molecule has 2 heteroatoms. The molecule has 1 saturated carbocycles. The molecular weight excluding hydrogens is 138 g/mol. The van der Waals surface area contributed by atoms with Gasteiger partial charge < -0.3 is 10.4 Å². The van der Waals surface area contributed by atoms with Crippen LogP contribution in [0.1, 0.15) is 32.1 Å². The van der Waals surface area contributed by atoms with Crippen molar-refractivity contribution in [2.45, 2.75) is 37.7 Å². The first kappa shape index (κ1) is 7.56. The minimum Gasteiger partial charge on any atom is -0.389 e. The molecule has 2 fully saturated rings. The summed E-state index contributed by atoms with van der Waals surface area (Å²) in [6, 6.07) is 0. The summed E-state index contributed by atoms with van der Waals surface area (Å²) in [7, 11) is 0. The van der Waals surface area contributed by atoms with Crippen LogP contribution in [-0.4, -0.2) is 23.8 Å². The monoisotopic (exact) mass is 155 g/mol. The average Bonchev–Trinajstić information content (AvgIpc) is 2.72. The Morgan fingerprint density at radius 3 is 2.82 bits per heavy atom. The molecule has 0 bridgehead atoms. The lowest BCUT2D eigenvalue weighted by Crippen LogP contribution is -2.45. The van der Waals surface area contributed by atoms with Gasteiger partial charge in [-0.3, -0.25) is 0 Å². The van der Waals surface area contributed by atoms with Gasteiger partial charge in [-0.15, -0.1) is 0 Å². The van der Waals surface area contributed by atoms with E-state index in [1.807, 2.05) is 0 Å². The van der Waals surface area contributed by atoms with Crippen LogP contribution < -0.4 is 5.32 Å². The van der Waals surface area contributed by atoms with Crippen molar-refractivity contribution in [1.29, 1.82) is 0 Å². The van der Waals surface area contributed by atoms with E-state index >= 15 is 0 Å². The molecule has 2 N–H and O–H groups in total. The van der Waals surface area contributed by atoms with Gasteiger partial charge in [0, 0.05) is 6.54 Å². The molecule has 2 nitrogen and oxygen atoms in total. The Morgan fingerprint density at radius 2 is 2.27 bits per heavy atom. The molecule has 0 aromatic carbocycles. The Labute approximate surface area is 68.0 Å². The van der Waals surface area contributed by atoms with E-state index in [2.05, 4.69) is 5.32 Å². The van der Waals surface area contributed by atoms with E-state index in [0.29, 0.717) is 0 Å². The lowest BCUT2D eigenvalue weighted by atomic mass is 9.89. The van der Waals surface area contributed by atoms with Crippen LogP contribution in [0, 0.1) is 5.92 Å². The zero-order chi connectivity index (χ0) is 7.73. The molecule has 0 spiro atoms. The maximum atomic E-state index is 10.0. The summed E-state index contributed by atoms with van der Waals surface area (Å²) in [4.78, 5) is 0.